The topological polar surface area (TPSA) is 79.8 Å². The number of aromatic nitrogens is 3. The van der Waals surface area contributed by atoms with Gasteiger partial charge in [-0.2, -0.15) is 0 Å². The van der Waals surface area contributed by atoms with Gasteiger partial charge < -0.3 is 10.6 Å². The summed E-state index contributed by atoms with van der Waals surface area (Å²) >= 11 is 0. The van der Waals surface area contributed by atoms with Gasteiger partial charge in [-0.25, -0.2) is 9.97 Å². The number of rotatable bonds is 6. The number of hydrogen-bond acceptors (Lipinski definition) is 5. The predicted octanol–water partition coefficient (Wildman–Crippen LogP) is 1.93. The van der Waals surface area contributed by atoms with Crippen molar-refractivity contribution >= 4 is 11.7 Å². The van der Waals surface area contributed by atoms with E-state index >= 15 is 0 Å². The minimum absolute atomic E-state index is 0.231. The summed E-state index contributed by atoms with van der Waals surface area (Å²) in [6.07, 6.45) is 2.69. The van der Waals surface area contributed by atoms with Crippen molar-refractivity contribution in [3.05, 3.63) is 47.7 Å². The van der Waals surface area contributed by atoms with Crippen molar-refractivity contribution in [2.24, 2.45) is 0 Å². The fourth-order valence-corrected chi connectivity index (χ4v) is 1.79. The Balaban J connectivity index is 2.03. The van der Waals surface area contributed by atoms with Crippen LogP contribution in [0.25, 0.3) is 0 Å². The Morgan fingerprint density at radius 3 is 2.86 bits per heavy atom. The molecule has 0 spiro atoms. The number of amides is 1. The molecule has 0 fully saturated rings. The van der Waals surface area contributed by atoms with Gasteiger partial charge in [0.2, 0.25) is 0 Å². The highest BCUT2D eigenvalue weighted by Crippen LogP contribution is 2.07. The molecule has 2 heterocycles. The van der Waals surface area contributed by atoms with Gasteiger partial charge in [-0.1, -0.05) is 13.0 Å². The maximum atomic E-state index is 12.1. The number of pyridine rings is 1. The van der Waals surface area contributed by atoms with Crippen LogP contribution in [0.4, 0.5) is 5.82 Å². The minimum Gasteiger partial charge on any atom is -0.370 e. The van der Waals surface area contributed by atoms with Crippen LogP contribution in [0.5, 0.6) is 0 Å². The number of nitrogens with zero attached hydrogens (tertiary/aromatic N) is 3. The van der Waals surface area contributed by atoms with Crippen LogP contribution in [-0.2, 0) is 6.54 Å². The van der Waals surface area contributed by atoms with E-state index in [9.17, 15) is 4.79 Å². The van der Waals surface area contributed by atoms with E-state index < -0.39 is 0 Å². The molecule has 0 saturated heterocycles. The van der Waals surface area contributed by atoms with Crippen molar-refractivity contribution in [1.82, 2.24) is 20.3 Å². The summed E-state index contributed by atoms with van der Waals surface area (Å²) in [7, 11) is 0. The van der Waals surface area contributed by atoms with Crippen molar-refractivity contribution in [3.8, 4) is 0 Å². The van der Waals surface area contributed by atoms with Gasteiger partial charge in [-0.3, -0.25) is 9.78 Å². The molecule has 1 amide bonds. The number of hydrogen-bond donors (Lipinski definition) is 2. The van der Waals surface area contributed by atoms with E-state index in [-0.39, 0.29) is 5.91 Å². The highest BCUT2D eigenvalue weighted by Gasteiger charge is 2.10. The number of carbonyl (C=O) groups excluding carboxylic acids is 1. The fourth-order valence-electron chi connectivity index (χ4n) is 1.79. The number of aryl methyl sites for hydroxylation is 1. The largest absolute Gasteiger partial charge is 0.370 e. The second kappa shape index (κ2) is 7.33. The van der Waals surface area contributed by atoms with Crippen LogP contribution in [-0.4, -0.2) is 27.4 Å². The lowest BCUT2D eigenvalue weighted by Crippen LogP contribution is -2.25. The smallest absolute Gasteiger partial charge is 0.270 e. The maximum absolute atomic E-state index is 12.1. The first-order valence-electron chi connectivity index (χ1n) is 6.96. The molecule has 2 aromatic heterocycles. The third-order valence-electron chi connectivity index (χ3n) is 2.78. The van der Waals surface area contributed by atoms with E-state index in [1.807, 2.05) is 18.2 Å². The van der Waals surface area contributed by atoms with Gasteiger partial charge >= 0.3 is 0 Å². The molecule has 2 aromatic rings. The molecule has 6 heteroatoms. The molecule has 0 atom stereocenters. The molecule has 110 valence electrons. The van der Waals surface area contributed by atoms with E-state index in [0.717, 1.165) is 18.7 Å². The standard InChI is InChI=1S/C15H19N5O/c1-3-7-17-14-9-13(19-11(2)20-14)15(21)18-10-12-6-4-5-8-16-12/h4-6,8-9H,3,7,10H2,1-2H3,(H,18,21)(H,17,19,20). The van der Waals surface area contributed by atoms with Gasteiger partial charge in [0, 0.05) is 18.8 Å². The summed E-state index contributed by atoms with van der Waals surface area (Å²) in [4.78, 5) is 24.7. The average molecular weight is 285 g/mol. The van der Waals surface area contributed by atoms with Crippen molar-refractivity contribution in [2.45, 2.75) is 26.8 Å². The van der Waals surface area contributed by atoms with Crippen LogP contribution < -0.4 is 10.6 Å². The van der Waals surface area contributed by atoms with E-state index in [1.165, 1.54) is 0 Å². The first kappa shape index (κ1) is 14.9. The van der Waals surface area contributed by atoms with E-state index in [4.69, 9.17) is 0 Å². The molecule has 0 aliphatic carbocycles. The third-order valence-corrected chi connectivity index (χ3v) is 2.78. The predicted molar refractivity (Wildman–Crippen MR) is 81.0 cm³/mol. The van der Waals surface area contributed by atoms with Crippen molar-refractivity contribution in [2.75, 3.05) is 11.9 Å². The summed E-state index contributed by atoms with van der Waals surface area (Å²) in [5, 5.41) is 5.97. The molecule has 0 aliphatic heterocycles. The van der Waals surface area contributed by atoms with Crippen LogP contribution in [0.2, 0.25) is 0 Å². The molecule has 6 nitrogen and oxygen atoms in total. The fraction of sp³-hybridized carbons (Fsp3) is 0.333. The molecule has 2 N–H and O–H groups in total. The van der Waals surface area contributed by atoms with Crippen LogP contribution in [0.3, 0.4) is 0 Å². The molecule has 0 saturated carbocycles. The van der Waals surface area contributed by atoms with Gasteiger partial charge in [-0.05, 0) is 25.5 Å². The maximum Gasteiger partial charge on any atom is 0.270 e. The normalized spacial score (nSPS) is 10.2. The van der Waals surface area contributed by atoms with Gasteiger partial charge in [0.15, 0.2) is 0 Å². The first-order chi connectivity index (χ1) is 10.2. The zero-order chi connectivity index (χ0) is 15.1. The van der Waals surface area contributed by atoms with Crippen molar-refractivity contribution in [3.63, 3.8) is 0 Å². The second-order valence-electron chi connectivity index (χ2n) is 4.62. The Kier molecular flexibility index (Phi) is 5.20. The first-order valence-corrected chi connectivity index (χ1v) is 6.96. The second-order valence-corrected chi connectivity index (χ2v) is 4.62. The number of carbonyl (C=O) groups is 1. The molecular weight excluding hydrogens is 266 g/mol. The quantitative estimate of drug-likeness (QED) is 0.847. The monoisotopic (exact) mass is 285 g/mol. The SMILES string of the molecule is CCCNc1cc(C(=O)NCc2ccccn2)nc(C)n1. The molecule has 2 rings (SSSR count). The van der Waals surface area contributed by atoms with E-state index in [2.05, 4.69) is 32.5 Å². The Morgan fingerprint density at radius 2 is 2.14 bits per heavy atom. The highest BCUT2D eigenvalue weighted by molar-refractivity contribution is 5.92. The summed E-state index contributed by atoms with van der Waals surface area (Å²) in [5.74, 6) is 1.01. The molecular formula is C15H19N5O. The van der Waals surface area contributed by atoms with Gasteiger partial charge in [0.1, 0.15) is 17.3 Å². The third kappa shape index (κ3) is 4.52. The lowest BCUT2D eigenvalue weighted by molar-refractivity contribution is 0.0945. The highest BCUT2D eigenvalue weighted by atomic mass is 16.1. The molecule has 0 aromatic carbocycles. The minimum atomic E-state index is -0.231. The lowest BCUT2D eigenvalue weighted by atomic mass is 10.3. The Hall–Kier alpha value is -2.50. The lowest BCUT2D eigenvalue weighted by Gasteiger charge is -2.08. The van der Waals surface area contributed by atoms with E-state index in [1.54, 1.807) is 19.2 Å². The van der Waals surface area contributed by atoms with Gasteiger partial charge in [0.25, 0.3) is 5.91 Å². The van der Waals surface area contributed by atoms with E-state index in [0.29, 0.717) is 23.9 Å². The molecule has 0 aliphatic rings. The molecule has 0 bridgehead atoms. The average Bonchev–Trinajstić information content (AvgIpc) is 2.51. The molecule has 21 heavy (non-hydrogen) atoms. The van der Waals surface area contributed by atoms with Crippen LogP contribution in [0, 0.1) is 6.92 Å². The number of anilines is 1. The Morgan fingerprint density at radius 1 is 1.29 bits per heavy atom. The van der Waals surface area contributed by atoms with Crippen LogP contribution in [0.1, 0.15) is 35.4 Å². The summed E-state index contributed by atoms with van der Waals surface area (Å²) in [6.45, 7) is 5.03. The van der Waals surface area contributed by atoms with Crippen molar-refractivity contribution in [1.29, 1.82) is 0 Å². The Bertz CT molecular complexity index is 600. The molecule has 0 unspecified atom stereocenters. The van der Waals surface area contributed by atoms with Crippen molar-refractivity contribution < 1.29 is 4.79 Å². The molecule has 0 radical (unpaired) electrons. The van der Waals surface area contributed by atoms with Crippen LogP contribution >= 0.6 is 0 Å². The van der Waals surface area contributed by atoms with Crippen LogP contribution in [0.15, 0.2) is 30.5 Å². The van der Waals surface area contributed by atoms with Gasteiger partial charge in [0.05, 0.1) is 12.2 Å². The Labute approximate surface area is 124 Å². The summed E-state index contributed by atoms with van der Waals surface area (Å²) in [6, 6.07) is 7.25. The zero-order valence-corrected chi connectivity index (χ0v) is 12.3. The summed E-state index contributed by atoms with van der Waals surface area (Å²) < 4.78 is 0. The van der Waals surface area contributed by atoms with Gasteiger partial charge in [-0.15, -0.1) is 0 Å². The summed E-state index contributed by atoms with van der Waals surface area (Å²) in [5.41, 5.74) is 1.16. The number of nitrogens with one attached hydrogen (secondary N) is 2. The zero-order valence-electron chi connectivity index (χ0n) is 12.3.